The summed E-state index contributed by atoms with van der Waals surface area (Å²) in [5, 5.41) is 10.2. The largest absolute Gasteiger partial charge is 0.511 e. The van der Waals surface area contributed by atoms with E-state index >= 15 is 0 Å². The average molecular weight is 224 g/mol. The summed E-state index contributed by atoms with van der Waals surface area (Å²) in [7, 11) is 0. The molecular weight excluding hydrogens is 204 g/mol. The lowest BCUT2D eigenvalue weighted by Crippen LogP contribution is -2.43. The van der Waals surface area contributed by atoms with Gasteiger partial charge in [0, 0.05) is 10.8 Å². The fraction of sp³-hybridized carbons (Fsp3) is 0.769. The number of carbonyl (C=O) groups excluding carboxylic acids is 1. The first-order valence-electron chi connectivity index (χ1n) is 5.91. The van der Waals surface area contributed by atoms with Crippen molar-refractivity contribution in [3.63, 3.8) is 0 Å². The molecule has 0 spiro atoms. The minimum absolute atomic E-state index is 0.0461. The van der Waals surface area contributed by atoms with E-state index < -0.39 is 0 Å². The molecular formula is C13H20O3. The maximum atomic E-state index is 11.9. The van der Waals surface area contributed by atoms with Crippen LogP contribution in [0.3, 0.4) is 0 Å². The predicted octanol–water partition coefficient (Wildman–Crippen LogP) is 2.96. The van der Waals surface area contributed by atoms with Crippen LogP contribution in [-0.2, 0) is 9.53 Å². The molecule has 1 fully saturated rings. The number of aliphatic hydroxyl groups is 1. The Kier molecular flexibility index (Phi) is 2.34. The van der Waals surface area contributed by atoms with Gasteiger partial charge < -0.3 is 9.84 Å². The van der Waals surface area contributed by atoms with E-state index in [1.807, 2.05) is 20.8 Å². The van der Waals surface area contributed by atoms with Crippen LogP contribution >= 0.6 is 0 Å². The molecule has 1 N–H and O–H groups in total. The van der Waals surface area contributed by atoms with Gasteiger partial charge in [0.1, 0.15) is 11.9 Å². The maximum Gasteiger partial charge on any atom is 0.338 e. The molecule has 1 aliphatic heterocycles. The second-order valence-electron chi connectivity index (χ2n) is 6.09. The summed E-state index contributed by atoms with van der Waals surface area (Å²) in [6.07, 6.45) is 2.63. The second kappa shape index (κ2) is 3.25. The molecule has 0 unspecified atom stereocenters. The van der Waals surface area contributed by atoms with E-state index in [2.05, 4.69) is 6.92 Å². The van der Waals surface area contributed by atoms with Crippen molar-refractivity contribution in [2.24, 2.45) is 10.8 Å². The number of carbonyl (C=O) groups is 1. The lowest BCUT2D eigenvalue weighted by Gasteiger charge is -2.45. The Hall–Kier alpha value is -0.990. The maximum absolute atomic E-state index is 11.9. The molecule has 90 valence electrons. The number of aliphatic hydroxyl groups excluding tert-OH is 1. The van der Waals surface area contributed by atoms with Crippen LogP contribution in [0.2, 0.25) is 0 Å². The molecule has 0 saturated carbocycles. The third-order valence-corrected chi connectivity index (χ3v) is 4.03. The van der Waals surface area contributed by atoms with Crippen LogP contribution in [-0.4, -0.2) is 17.2 Å². The first kappa shape index (κ1) is 11.5. The Morgan fingerprint density at radius 3 is 2.56 bits per heavy atom. The normalized spacial score (nSPS) is 38.0. The van der Waals surface area contributed by atoms with Gasteiger partial charge in [-0.15, -0.1) is 0 Å². The third-order valence-electron chi connectivity index (χ3n) is 4.03. The van der Waals surface area contributed by atoms with Crippen LogP contribution in [0.1, 0.15) is 47.0 Å². The Morgan fingerprint density at radius 1 is 1.31 bits per heavy atom. The zero-order valence-corrected chi connectivity index (χ0v) is 10.5. The van der Waals surface area contributed by atoms with E-state index in [9.17, 15) is 9.90 Å². The third kappa shape index (κ3) is 1.53. The summed E-state index contributed by atoms with van der Waals surface area (Å²) < 4.78 is 5.23. The van der Waals surface area contributed by atoms with E-state index in [-0.39, 0.29) is 28.7 Å². The number of ether oxygens (including phenoxy) is 1. The number of esters is 1. The number of allylic oxidation sites excluding steroid dienone is 1. The molecule has 0 aromatic heterocycles. The molecule has 0 amide bonds. The van der Waals surface area contributed by atoms with Crippen LogP contribution in [0.4, 0.5) is 0 Å². The molecule has 1 saturated heterocycles. The van der Waals surface area contributed by atoms with Crippen molar-refractivity contribution < 1.29 is 14.6 Å². The number of fused-ring (bicyclic) bond motifs is 1. The molecule has 0 aromatic rings. The van der Waals surface area contributed by atoms with Gasteiger partial charge in [-0.3, -0.25) is 0 Å². The molecule has 0 radical (unpaired) electrons. The topological polar surface area (TPSA) is 46.5 Å². The summed E-state index contributed by atoms with van der Waals surface area (Å²) in [6.45, 7) is 7.92. The highest BCUT2D eigenvalue weighted by Gasteiger charge is 2.49. The van der Waals surface area contributed by atoms with E-state index in [4.69, 9.17) is 4.74 Å². The minimum Gasteiger partial charge on any atom is -0.511 e. The number of cyclic esters (lactones) is 1. The van der Waals surface area contributed by atoms with E-state index in [1.54, 1.807) is 0 Å². The Bertz CT molecular complexity index is 367. The summed E-state index contributed by atoms with van der Waals surface area (Å²) in [5.74, 6) is -0.0929. The zero-order valence-electron chi connectivity index (χ0n) is 10.5. The SMILES string of the molecule is C[C@@H]1C[C@]2(C)CCC(C)(C)C(O)=C2C(=O)O1. The van der Waals surface area contributed by atoms with Crippen molar-refractivity contribution in [2.75, 3.05) is 0 Å². The fourth-order valence-corrected chi connectivity index (χ4v) is 2.92. The number of hydrogen-bond donors (Lipinski definition) is 1. The highest BCUT2D eigenvalue weighted by atomic mass is 16.5. The van der Waals surface area contributed by atoms with Gasteiger partial charge in [0.05, 0.1) is 5.57 Å². The molecule has 0 aromatic carbocycles. The predicted molar refractivity (Wildman–Crippen MR) is 60.9 cm³/mol. The fourth-order valence-electron chi connectivity index (χ4n) is 2.92. The van der Waals surface area contributed by atoms with Crippen LogP contribution in [0.5, 0.6) is 0 Å². The van der Waals surface area contributed by atoms with Gasteiger partial charge in [-0.2, -0.15) is 0 Å². The smallest absolute Gasteiger partial charge is 0.338 e. The van der Waals surface area contributed by atoms with Crippen molar-refractivity contribution >= 4 is 5.97 Å². The first-order chi connectivity index (χ1) is 7.26. The van der Waals surface area contributed by atoms with E-state index in [1.165, 1.54) is 0 Å². The summed E-state index contributed by atoms with van der Waals surface area (Å²) >= 11 is 0. The van der Waals surface area contributed by atoms with E-state index in [0.717, 1.165) is 19.3 Å². The zero-order chi connectivity index (χ0) is 12.1. The quantitative estimate of drug-likeness (QED) is 0.643. The monoisotopic (exact) mass is 224 g/mol. The number of hydrogen-bond acceptors (Lipinski definition) is 3. The Labute approximate surface area is 96.5 Å². The van der Waals surface area contributed by atoms with Crippen molar-refractivity contribution in [1.29, 1.82) is 0 Å². The summed E-state index contributed by atoms with van der Waals surface area (Å²) in [6, 6.07) is 0. The Balaban J connectivity index is 2.52. The lowest BCUT2D eigenvalue weighted by atomic mass is 9.62. The van der Waals surface area contributed by atoms with Crippen LogP contribution in [0, 0.1) is 10.8 Å². The van der Waals surface area contributed by atoms with Gasteiger partial charge in [-0.25, -0.2) is 4.79 Å². The van der Waals surface area contributed by atoms with Crippen molar-refractivity contribution in [1.82, 2.24) is 0 Å². The molecule has 2 rings (SSSR count). The van der Waals surface area contributed by atoms with E-state index in [0.29, 0.717) is 5.57 Å². The van der Waals surface area contributed by atoms with Crippen molar-refractivity contribution in [3.8, 4) is 0 Å². The minimum atomic E-state index is -0.327. The molecule has 16 heavy (non-hydrogen) atoms. The lowest BCUT2D eigenvalue weighted by molar-refractivity contribution is -0.153. The molecule has 3 nitrogen and oxygen atoms in total. The molecule has 3 heteroatoms. The molecule has 0 bridgehead atoms. The standard InChI is InChI=1S/C13H20O3/c1-8-7-13(4)6-5-12(2,3)10(14)9(13)11(15)16-8/h8,14H,5-7H2,1-4H3/t8-,13+/m1/s1. The van der Waals surface area contributed by atoms with Gasteiger partial charge in [0.15, 0.2) is 0 Å². The van der Waals surface area contributed by atoms with Crippen molar-refractivity contribution in [3.05, 3.63) is 11.3 Å². The Morgan fingerprint density at radius 2 is 1.94 bits per heavy atom. The van der Waals surface area contributed by atoms with Gasteiger partial charge in [-0.05, 0) is 26.2 Å². The highest BCUT2D eigenvalue weighted by molar-refractivity contribution is 5.91. The average Bonchev–Trinajstić information content (AvgIpc) is 2.11. The number of rotatable bonds is 0. The first-order valence-corrected chi connectivity index (χ1v) is 5.91. The molecule has 2 atom stereocenters. The molecule has 2 aliphatic rings. The van der Waals surface area contributed by atoms with Crippen molar-refractivity contribution in [2.45, 2.75) is 53.1 Å². The van der Waals surface area contributed by atoms with Crippen LogP contribution in [0.25, 0.3) is 0 Å². The van der Waals surface area contributed by atoms with Gasteiger partial charge in [-0.1, -0.05) is 20.8 Å². The molecule has 1 aliphatic carbocycles. The van der Waals surface area contributed by atoms with Gasteiger partial charge in [0.2, 0.25) is 0 Å². The van der Waals surface area contributed by atoms with Crippen LogP contribution in [0.15, 0.2) is 11.3 Å². The highest BCUT2D eigenvalue weighted by Crippen LogP contribution is 2.52. The summed E-state index contributed by atoms with van der Waals surface area (Å²) in [4.78, 5) is 11.9. The second-order valence-corrected chi connectivity index (χ2v) is 6.09. The van der Waals surface area contributed by atoms with Gasteiger partial charge >= 0.3 is 5.97 Å². The summed E-state index contributed by atoms with van der Waals surface area (Å²) in [5.41, 5.74) is 0.0184. The van der Waals surface area contributed by atoms with Crippen LogP contribution < -0.4 is 0 Å². The van der Waals surface area contributed by atoms with Gasteiger partial charge in [0.25, 0.3) is 0 Å². The molecule has 1 heterocycles.